The van der Waals surface area contributed by atoms with Crippen LogP contribution in [-0.4, -0.2) is 16.5 Å². The summed E-state index contributed by atoms with van der Waals surface area (Å²) in [5.41, 5.74) is 0.278. The minimum atomic E-state index is -4.39. The van der Waals surface area contributed by atoms with E-state index in [1.54, 1.807) is 6.07 Å². The van der Waals surface area contributed by atoms with Crippen molar-refractivity contribution < 1.29 is 13.2 Å². The zero-order chi connectivity index (χ0) is 17.9. The molecule has 0 amide bonds. The smallest absolute Gasteiger partial charge is 0.369 e. The standard InChI is InChI=1S/C18H17F3N4/c1-2-10-22-16-14-8-3-4-9-15(14)24-17(25-16)23-13-7-5-6-12(11-13)18(19,20)21/h3-9,11H,2,10H2,1H3,(H2,22,23,24,25). The lowest BCUT2D eigenvalue weighted by Crippen LogP contribution is -2.07. The van der Waals surface area contributed by atoms with Gasteiger partial charge in [0.1, 0.15) is 5.82 Å². The Labute approximate surface area is 143 Å². The van der Waals surface area contributed by atoms with Crippen LogP contribution in [0.2, 0.25) is 0 Å². The van der Waals surface area contributed by atoms with Gasteiger partial charge in [-0.1, -0.05) is 25.1 Å². The number of alkyl halides is 3. The third-order valence-electron chi connectivity index (χ3n) is 3.59. The number of halogens is 3. The van der Waals surface area contributed by atoms with Crippen LogP contribution in [0.4, 0.5) is 30.6 Å². The zero-order valence-electron chi connectivity index (χ0n) is 13.6. The Morgan fingerprint density at radius 1 is 1.00 bits per heavy atom. The van der Waals surface area contributed by atoms with E-state index in [4.69, 9.17) is 0 Å². The molecule has 0 spiro atoms. The summed E-state index contributed by atoms with van der Waals surface area (Å²) in [5.74, 6) is 0.901. The van der Waals surface area contributed by atoms with Crippen LogP contribution >= 0.6 is 0 Å². The van der Waals surface area contributed by atoms with Crippen LogP contribution in [0.1, 0.15) is 18.9 Å². The van der Waals surface area contributed by atoms with Gasteiger partial charge in [0, 0.05) is 17.6 Å². The first-order chi connectivity index (χ1) is 12.0. The highest BCUT2D eigenvalue weighted by molar-refractivity contribution is 5.90. The lowest BCUT2D eigenvalue weighted by Gasteiger charge is -2.12. The molecule has 0 aliphatic carbocycles. The first-order valence-electron chi connectivity index (χ1n) is 7.92. The average Bonchev–Trinajstić information content (AvgIpc) is 2.59. The zero-order valence-corrected chi connectivity index (χ0v) is 13.6. The summed E-state index contributed by atoms with van der Waals surface area (Å²) in [6.45, 7) is 2.78. The number of hydrogen-bond donors (Lipinski definition) is 2. The third-order valence-corrected chi connectivity index (χ3v) is 3.59. The Morgan fingerprint density at radius 2 is 1.80 bits per heavy atom. The first-order valence-corrected chi connectivity index (χ1v) is 7.92. The van der Waals surface area contributed by atoms with Gasteiger partial charge >= 0.3 is 6.18 Å². The maximum absolute atomic E-state index is 12.8. The summed E-state index contributed by atoms with van der Waals surface area (Å²) >= 11 is 0. The van der Waals surface area contributed by atoms with Crippen molar-refractivity contribution in [3.05, 3.63) is 54.1 Å². The molecule has 0 aliphatic heterocycles. The second kappa shape index (κ2) is 6.96. The number of para-hydroxylation sites is 1. The van der Waals surface area contributed by atoms with E-state index in [9.17, 15) is 13.2 Å². The molecule has 0 fully saturated rings. The minimum absolute atomic E-state index is 0.247. The molecule has 0 atom stereocenters. The van der Waals surface area contributed by atoms with E-state index >= 15 is 0 Å². The minimum Gasteiger partial charge on any atom is -0.369 e. The summed E-state index contributed by atoms with van der Waals surface area (Å²) < 4.78 is 38.5. The summed E-state index contributed by atoms with van der Waals surface area (Å²) in [6, 6.07) is 12.5. The first kappa shape index (κ1) is 17.0. The monoisotopic (exact) mass is 346 g/mol. The predicted molar refractivity (Wildman–Crippen MR) is 93.0 cm³/mol. The van der Waals surface area contributed by atoms with Gasteiger partial charge in [0.2, 0.25) is 5.95 Å². The van der Waals surface area contributed by atoms with Gasteiger partial charge in [-0.05, 0) is 36.8 Å². The van der Waals surface area contributed by atoms with E-state index in [2.05, 4.69) is 20.6 Å². The highest BCUT2D eigenvalue weighted by Gasteiger charge is 2.30. The van der Waals surface area contributed by atoms with Crippen molar-refractivity contribution in [3.8, 4) is 0 Å². The molecule has 130 valence electrons. The van der Waals surface area contributed by atoms with Crippen molar-refractivity contribution in [2.75, 3.05) is 17.2 Å². The summed E-state index contributed by atoms with van der Waals surface area (Å²) in [4.78, 5) is 8.80. The molecule has 25 heavy (non-hydrogen) atoms. The summed E-state index contributed by atoms with van der Waals surface area (Å²) in [5, 5.41) is 6.96. The van der Waals surface area contributed by atoms with Crippen LogP contribution in [-0.2, 0) is 6.18 Å². The number of fused-ring (bicyclic) bond motifs is 1. The second-order valence-electron chi connectivity index (χ2n) is 5.54. The van der Waals surface area contributed by atoms with E-state index < -0.39 is 11.7 Å². The van der Waals surface area contributed by atoms with Gasteiger partial charge in [-0.15, -0.1) is 0 Å². The van der Waals surface area contributed by atoms with E-state index in [0.29, 0.717) is 11.3 Å². The van der Waals surface area contributed by atoms with E-state index in [-0.39, 0.29) is 11.6 Å². The Balaban J connectivity index is 1.96. The second-order valence-corrected chi connectivity index (χ2v) is 5.54. The molecule has 2 N–H and O–H groups in total. The molecule has 7 heteroatoms. The van der Waals surface area contributed by atoms with Gasteiger partial charge in [-0.3, -0.25) is 0 Å². The Hall–Kier alpha value is -2.83. The predicted octanol–water partition coefficient (Wildman–Crippen LogP) is 5.21. The molecule has 0 saturated carbocycles. The fraction of sp³-hybridized carbons (Fsp3) is 0.222. The van der Waals surface area contributed by atoms with Crippen LogP contribution in [0.25, 0.3) is 10.9 Å². The van der Waals surface area contributed by atoms with Crippen molar-refractivity contribution >= 4 is 28.4 Å². The molecule has 0 saturated heterocycles. The summed E-state index contributed by atoms with van der Waals surface area (Å²) in [6.07, 6.45) is -3.47. The quantitative estimate of drug-likeness (QED) is 0.665. The molecule has 3 rings (SSSR count). The largest absolute Gasteiger partial charge is 0.416 e. The van der Waals surface area contributed by atoms with Crippen LogP contribution in [0.3, 0.4) is 0 Å². The Morgan fingerprint density at radius 3 is 2.56 bits per heavy atom. The number of hydrogen-bond acceptors (Lipinski definition) is 4. The number of benzene rings is 2. The molecule has 0 unspecified atom stereocenters. The van der Waals surface area contributed by atoms with Crippen LogP contribution in [0.15, 0.2) is 48.5 Å². The molecule has 1 heterocycles. The SMILES string of the molecule is CCCNc1nc(Nc2cccc(C(F)(F)F)c2)nc2ccccc12. The van der Waals surface area contributed by atoms with Crippen molar-refractivity contribution in [1.82, 2.24) is 9.97 Å². The summed E-state index contributed by atoms with van der Waals surface area (Å²) in [7, 11) is 0. The van der Waals surface area contributed by atoms with Gasteiger partial charge in [0.15, 0.2) is 0 Å². The fourth-order valence-electron chi connectivity index (χ4n) is 2.41. The molecular weight excluding hydrogens is 329 g/mol. The Bertz CT molecular complexity index is 878. The highest BCUT2D eigenvalue weighted by Crippen LogP contribution is 2.31. The highest BCUT2D eigenvalue weighted by atomic mass is 19.4. The van der Waals surface area contributed by atoms with E-state index in [0.717, 1.165) is 30.5 Å². The Kier molecular flexibility index (Phi) is 4.74. The maximum atomic E-state index is 12.8. The van der Waals surface area contributed by atoms with Crippen LogP contribution < -0.4 is 10.6 Å². The maximum Gasteiger partial charge on any atom is 0.416 e. The van der Waals surface area contributed by atoms with Crippen molar-refractivity contribution in [2.45, 2.75) is 19.5 Å². The van der Waals surface area contributed by atoms with Gasteiger partial charge in [0.05, 0.1) is 11.1 Å². The molecule has 2 aromatic carbocycles. The van der Waals surface area contributed by atoms with Crippen molar-refractivity contribution in [1.29, 1.82) is 0 Å². The molecule has 3 aromatic rings. The van der Waals surface area contributed by atoms with Crippen LogP contribution in [0.5, 0.6) is 0 Å². The lowest BCUT2D eigenvalue weighted by atomic mass is 10.2. The van der Waals surface area contributed by atoms with E-state index in [1.807, 2.05) is 31.2 Å². The van der Waals surface area contributed by atoms with Crippen molar-refractivity contribution in [2.24, 2.45) is 0 Å². The number of anilines is 3. The molecule has 1 aromatic heterocycles. The lowest BCUT2D eigenvalue weighted by molar-refractivity contribution is -0.137. The number of aromatic nitrogens is 2. The van der Waals surface area contributed by atoms with E-state index in [1.165, 1.54) is 6.07 Å². The number of nitrogens with one attached hydrogen (secondary N) is 2. The third kappa shape index (κ3) is 3.99. The van der Waals surface area contributed by atoms with Gasteiger partial charge in [0.25, 0.3) is 0 Å². The van der Waals surface area contributed by atoms with Crippen LogP contribution in [0, 0.1) is 0 Å². The average molecular weight is 346 g/mol. The van der Waals surface area contributed by atoms with Crippen molar-refractivity contribution in [3.63, 3.8) is 0 Å². The molecule has 4 nitrogen and oxygen atoms in total. The molecular formula is C18H17F3N4. The number of rotatable bonds is 5. The molecule has 0 aliphatic rings. The fourth-order valence-corrected chi connectivity index (χ4v) is 2.41. The van der Waals surface area contributed by atoms with Gasteiger partial charge < -0.3 is 10.6 Å². The normalized spacial score (nSPS) is 11.5. The van der Waals surface area contributed by atoms with Gasteiger partial charge in [-0.2, -0.15) is 18.2 Å². The topological polar surface area (TPSA) is 49.8 Å². The van der Waals surface area contributed by atoms with Gasteiger partial charge in [-0.25, -0.2) is 4.98 Å². The molecule has 0 bridgehead atoms. The molecule has 0 radical (unpaired) electrons. The number of nitrogens with zero attached hydrogens (tertiary/aromatic N) is 2.